The highest BCUT2D eigenvalue weighted by Crippen LogP contribution is 2.31. The number of para-hydroxylation sites is 2. The number of nitrogens with one attached hydrogen (secondary N) is 1. The van der Waals surface area contributed by atoms with Crippen LogP contribution < -0.4 is 10.1 Å². The standard InChI is InChI=1S/C21H24N2O4/c1-15-7-9-16(10-8-15)27-18-6-4-3-5-17(18)22-19(24)13-23-12-11-21(2,14-23)20(25)26/h3-10H,11-14H2,1-2H3,(H,22,24)(H,25,26). The van der Waals surface area contributed by atoms with E-state index in [2.05, 4.69) is 5.32 Å². The van der Waals surface area contributed by atoms with E-state index in [-0.39, 0.29) is 12.5 Å². The molecule has 2 aromatic rings. The number of benzene rings is 2. The van der Waals surface area contributed by atoms with Gasteiger partial charge in [0.2, 0.25) is 5.91 Å². The van der Waals surface area contributed by atoms with Crippen LogP contribution in [0.2, 0.25) is 0 Å². The maximum absolute atomic E-state index is 12.4. The van der Waals surface area contributed by atoms with Gasteiger partial charge < -0.3 is 15.2 Å². The molecule has 1 amide bonds. The first-order chi connectivity index (χ1) is 12.9. The summed E-state index contributed by atoms with van der Waals surface area (Å²) in [7, 11) is 0. The predicted molar refractivity (Wildman–Crippen MR) is 103 cm³/mol. The summed E-state index contributed by atoms with van der Waals surface area (Å²) < 4.78 is 5.89. The fourth-order valence-electron chi connectivity index (χ4n) is 3.15. The third-order valence-electron chi connectivity index (χ3n) is 4.85. The lowest BCUT2D eigenvalue weighted by molar-refractivity contribution is -0.147. The average Bonchev–Trinajstić information content (AvgIpc) is 3.01. The Hall–Kier alpha value is -2.86. The summed E-state index contributed by atoms with van der Waals surface area (Å²) in [6, 6.07) is 14.9. The van der Waals surface area contributed by atoms with E-state index in [4.69, 9.17) is 4.74 Å². The molecule has 3 rings (SSSR count). The molecule has 1 aliphatic heterocycles. The van der Waals surface area contributed by atoms with Gasteiger partial charge in [0, 0.05) is 6.54 Å². The van der Waals surface area contributed by atoms with Crippen LogP contribution in [0.3, 0.4) is 0 Å². The molecule has 6 nitrogen and oxygen atoms in total. The van der Waals surface area contributed by atoms with Crippen molar-refractivity contribution in [2.45, 2.75) is 20.3 Å². The van der Waals surface area contributed by atoms with Crippen LogP contribution in [0.5, 0.6) is 11.5 Å². The molecular formula is C21H24N2O4. The Morgan fingerprint density at radius 3 is 2.56 bits per heavy atom. The van der Waals surface area contributed by atoms with E-state index in [0.29, 0.717) is 36.7 Å². The van der Waals surface area contributed by atoms with Crippen LogP contribution in [0.4, 0.5) is 5.69 Å². The van der Waals surface area contributed by atoms with E-state index in [9.17, 15) is 14.7 Å². The Morgan fingerprint density at radius 2 is 1.89 bits per heavy atom. The zero-order chi connectivity index (χ0) is 19.4. The monoisotopic (exact) mass is 368 g/mol. The maximum atomic E-state index is 12.4. The molecule has 6 heteroatoms. The summed E-state index contributed by atoms with van der Waals surface area (Å²) in [5.74, 6) is 0.248. The third kappa shape index (κ3) is 4.65. The molecule has 2 N–H and O–H groups in total. The number of amides is 1. The summed E-state index contributed by atoms with van der Waals surface area (Å²) in [4.78, 5) is 25.7. The van der Waals surface area contributed by atoms with Gasteiger partial charge in [-0.2, -0.15) is 0 Å². The van der Waals surface area contributed by atoms with E-state index in [1.807, 2.05) is 48.2 Å². The highest BCUT2D eigenvalue weighted by molar-refractivity contribution is 5.93. The summed E-state index contributed by atoms with van der Waals surface area (Å²) >= 11 is 0. The van der Waals surface area contributed by atoms with Gasteiger partial charge in [-0.05, 0) is 51.1 Å². The number of aliphatic carboxylic acids is 1. The minimum atomic E-state index is -0.817. The van der Waals surface area contributed by atoms with Gasteiger partial charge >= 0.3 is 5.97 Å². The number of hydrogen-bond donors (Lipinski definition) is 2. The fourth-order valence-corrected chi connectivity index (χ4v) is 3.15. The maximum Gasteiger partial charge on any atom is 0.310 e. The normalized spacial score (nSPS) is 19.6. The number of carboxylic acid groups (broad SMARTS) is 1. The SMILES string of the molecule is Cc1ccc(Oc2ccccc2NC(=O)CN2CCC(C)(C(=O)O)C2)cc1. The van der Waals surface area contributed by atoms with Gasteiger partial charge in [-0.1, -0.05) is 29.8 Å². The van der Waals surface area contributed by atoms with Crippen molar-refractivity contribution in [3.63, 3.8) is 0 Å². The Labute approximate surface area is 158 Å². The Morgan fingerprint density at radius 1 is 1.19 bits per heavy atom. The first kappa shape index (κ1) is 18.9. The first-order valence-corrected chi connectivity index (χ1v) is 8.95. The molecule has 142 valence electrons. The van der Waals surface area contributed by atoms with Crippen LogP contribution in [0, 0.1) is 12.3 Å². The molecule has 0 aromatic heterocycles. The number of aryl methyl sites for hydroxylation is 1. The van der Waals surface area contributed by atoms with Crippen LogP contribution >= 0.6 is 0 Å². The number of likely N-dealkylation sites (tertiary alicyclic amines) is 1. The minimum absolute atomic E-state index is 0.154. The van der Waals surface area contributed by atoms with Crippen molar-refractivity contribution in [1.82, 2.24) is 4.90 Å². The number of ether oxygens (including phenoxy) is 1. The van der Waals surface area contributed by atoms with Crippen LogP contribution in [-0.4, -0.2) is 41.5 Å². The number of nitrogens with zero attached hydrogens (tertiary/aromatic N) is 1. The molecule has 27 heavy (non-hydrogen) atoms. The van der Waals surface area contributed by atoms with E-state index in [1.54, 1.807) is 19.1 Å². The van der Waals surface area contributed by atoms with Crippen LogP contribution in [0.25, 0.3) is 0 Å². The number of carbonyl (C=O) groups is 2. The lowest BCUT2D eigenvalue weighted by Gasteiger charge is -2.20. The molecule has 1 fully saturated rings. The van der Waals surface area contributed by atoms with E-state index >= 15 is 0 Å². The van der Waals surface area contributed by atoms with Crippen LogP contribution in [-0.2, 0) is 9.59 Å². The lowest BCUT2D eigenvalue weighted by Crippen LogP contribution is -2.35. The Kier molecular flexibility index (Phi) is 5.46. The Bertz CT molecular complexity index is 834. The molecule has 0 radical (unpaired) electrons. The van der Waals surface area contributed by atoms with Crippen molar-refractivity contribution >= 4 is 17.6 Å². The molecule has 1 heterocycles. The van der Waals surface area contributed by atoms with Gasteiger partial charge in [0.15, 0.2) is 5.75 Å². The van der Waals surface area contributed by atoms with E-state index in [1.165, 1.54) is 0 Å². The van der Waals surface area contributed by atoms with E-state index in [0.717, 1.165) is 5.56 Å². The molecule has 1 atom stereocenters. The van der Waals surface area contributed by atoms with Gasteiger partial charge in [0.25, 0.3) is 0 Å². The van der Waals surface area contributed by atoms with E-state index < -0.39 is 11.4 Å². The molecule has 0 bridgehead atoms. The van der Waals surface area contributed by atoms with Gasteiger partial charge in [-0.25, -0.2) is 0 Å². The first-order valence-electron chi connectivity index (χ1n) is 8.95. The Balaban J connectivity index is 1.63. The molecule has 1 aliphatic rings. The second-order valence-corrected chi connectivity index (χ2v) is 7.29. The molecular weight excluding hydrogens is 344 g/mol. The predicted octanol–water partition coefficient (Wildman–Crippen LogP) is 3.52. The largest absolute Gasteiger partial charge is 0.481 e. The van der Waals surface area contributed by atoms with Gasteiger partial charge in [-0.15, -0.1) is 0 Å². The zero-order valence-corrected chi connectivity index (χ0v) is 15.6. The quantitative estimate of drug-likeness (QED) is 0.816. The van der Waals surface area contributed by atoms with Crippen molar-refractivity contribution in [3.05, 3.63) is 54.1 Å². The lowest BCUT2D eigenvalue weighted by atomic mass is 9.90. The highest BCUT2D eigenvalue weighted by Gasteiger charge is 2.40. The van der Waals surface area contributed by atoms with Gasteiger partial charge in [-0.3, -0.25) is 14.5 Å². The smallest absolute Gasteiger partial charge is 0.310 e. The van der Waals surface area contributed by atoms with Crippen LogP contribution in [0.15, 0.2) is 48.5 Å². The fraction of sp³-hybridized carbons (Fsp3) is 0.333. The minimum Gasteiger partial charge on any atom is -0.481 e. The molecule has 1 saturated heterocycles. The second kappa shape index (κ2) is 7.80. The topological polar surface area (TPSA) is 78.9 Å². The number of anilines is 1. The van der Waals surface area contributed by atoms with Crippen molar-refractivity contribution in [2.24, 2.45) is 5.41 Å². The third-order valence-corrected chi connectivity index (χ3v) is 4.85. The van der Waals surface area contributed by atoms with Crippen molar-refractivity contribution in [2.75, 3.05) is 25.0 Å². The molecule has 0 spiro atoms. The number of rotatable bonds is 6. The van der Waals surface area contributed by atoms with Gasteiger partial charge in [0.1, 0.15) is 5.75 Å². The summed E-state index contributed by atoms with van der Waals surface area (Å²) in [5, 5.41) is 12.2. The molecule has 0 aliphatic carbocycles. The van der Waals surface area contributed by atoms with Gasteiger partial charge in [0.05, 0.1) is 17.6 Å². The van der Waals surface area contributed by atoms with Crippen molar-refractivity contribution < 1.29 is 19.4 Å². The second-order valence-electron chi connectivity index (χ2n) is 7.29. The number of hydrogen-bond acceptors (Lipinski definition) is 4. The molecule has 1 unspecified atom stereocenters. The van der Waals surface area contributed by atoms with Crippen molar-refractivity contribution in [1.29, 1.82) is 0 Å². The van der Waals surface area contributed by atoms with Crippen LogP contribution in [0.1, 0.15) is 18.9 Å². The summed E-state index contributed by atoms with van der Waals surface area (Å²) in [6.45, 7) is 4.85. The van der Waals surface area contributed by atoms with Crippen molar-refractivity contribution in [3.8, 4) is 11.5 Å². The highest BCUT2D eigenvalue weighted by atomic mass is 16.5. The average molecular weight is 368 g/mol. The number of carbonyl (C=O) groups excluding carboxylic acids is 1. The zero-order valence-electron chi connectivity index (χ0n) is 15.6. The summed E-state index contributed by atoms with van der Waals surface area (Å²) in [6.07, 6.45) is 0.544. The summed E-state index contributed by atoms with van der Waals surface area (Å²) in [5.41, 5.74) is 0.943. The molecule has 2 aromatic carbocycles. The number of carboxylic acids is 1. The molecule has 0 saturated carbocycles.